The Morgan fingerprint density at radius 2 is 1.93 bits per heavy atom. The van der Waals surface area contributed by atoms with Gasteiger partial charge < -0.3 is 20.3 Å². The van der Waals surface area contributed by atoms with Crippen molar-refractivity contribution in [2.24, 2.45) is 10.7 Å². The Morgan fingerprint density at radius 1 is 1.22 bits per heavy atom. The predicted molar refractivity (Wildman–Crippen MR) is 111 cm³/mol. The summed E-state index contributed by atoms with van der Waals surface area (Å²) >= 11 is 1.67. The maximum absolute atomic E-state index is 11.6. The summed E-state index contributed by atoms with van der Waals surface area (Å²) < 4.78 is 5.31. The Labute approximate surface area is 166 Å². The molecule has 1 aliphatic heterocycles. The van der Waals surface area contributed by atoms with Crippen LogP contribution in [0.1, 0.15) is 52.9 Å². The number of guanidine groups is 1. The summed E-state index contributed by atoms with van der Waals surface area (Å²) in [5.74, 6) is 0.532. The monoisotopic (exact) mass is 395 g/mol. The summed E-state index contributed by atoms with van der Waals surface area (Å²) in [5, 5.41) is 3.09. The summed E-state index contributed by atoms with van der Waals surface area (Å²) in [6.07, 6.45) is 6.27. The largest absolute Gasteiger partial charge is 0.460 e. The van der Waals surface area contributed by atoms with Crippen molar-refractivity contribution < 1.29 is 9.53 Å². The zero-order valence-corrected chi connectivity index (χ0v) is 17.6. The topological polar surface area (TPSA) is 84.0 Å². The Hall–Kier alpha value is -1.83. The molecule has 0 radical (unpaired) electrons. The number of carbonyl (C=O) groups excluding carboxylic acids is 1. The molecule has 1 aromatic heterocycles. The van der Waals surface area contributed by atoms with Crippen LogP contribution >= 0.6 is 11.3 Å². The van der Waals surface area contributed by atoms with E-state index in [2.05, 4.69) is 19.8 Å². The van der Waals surface area contributed by atoms with Crippen molar-refractivity contribution in [3.05, 3.63) is 11.6 Å². The van der Waals surface area contributed by atoms with Crippen LogP contribution in [0, 0.1) is 0 Å². The minimum atomic E-state index is -0.394. The first-order valence-electron chi connectivity index (χ1n) is 9.76. The zero-order chi connectivity index (χ0) is 19.7. The van der Waals surface area contributed by atoms with Crippen LogP contribution < -0.4 is 10.6 Å². The van der Waals surface area contributed by atoms with Crippen molar-refractivity contribution in [2.75, 3.05) is 37.6 Å². The molecular weight excluding hydrogens is 362 g/mol. The lowest BCUT2D eigenvalue weighted by Crippen LogP contribution is -2.51. The van der Waals surface area contributed by atoms with Gasteiger partial charge in [0.25, 0.3) is 0 Å². The lowest BCUT2D eigenvalue weighted by Gasteiger charge is -2.35. The van der Waals surface area contributed by atoms with Crippen molar-refractivity contribution in [3.63, 3.8) is 0 Å². The molecule has 0 amide bonds. The molecule has 1 saturated heterocycles. The van der Waals surface area contributed by atoms with Crippen molar-refractivity contribution in [3.8, 4) is 0 Å². The Bertz CT molecular complexity index is 590. The van der Waals surface area contributed by atoms with E-state index in [1.165, 1.54) is 0 Å². The van der Waals surface area contributed by atoms with Crippen molar-refractivity contribution in [2.45, 2.75) is 58.5 Å². The van der Waals surface area contributed by atoms with Gasteiger partial charge in [0, 0.05) is 50.7 Å². The number of unbranched alkanes of at least 4 members (excludes halogenated alkanes) is 3. The van der Waals surface area contributed by atoms with Gasteiger partial charge in [0.2, 0.25) is 0 Å². The third kappa shape index (κ3) is 8.15. The lowest BCUT2D eigenvalue weighted by atomic mass is 10.1. The minimum Gasteiger partial charge on any atom is -0.460 e. The number of thiazole rings is 1. The number of rotatable bonds is 8. The van der Waals surface area contributed by atoms with Crippen LogP contribution in [0.5, 0.6) is 0 Å². The fourth-order valence-corrected chi connectivity index (χ4v) is 3.62. The van der Waals surface area contributed by atoms with E-state index in [0.29, 0.717) is 12.4 Å². The first-order valence-corrected chi connectivity index (χ1v) is 10.6. The molecule has 0 aromatic carbocycles. The van der Waals surface area contributed by atoms with Gasteiger partial charge >= 0.3 is 5.97 Å². The second kappa shape index (κ2) is 10.5. The highest BCUT2D eigenvalue weighted by Gasteiger charge is 2.19. The number of carbonyl (C=O) groups is 1. The van der Waals surface area contributed by atoms with Gasteiger partial charge in [0.05, 0.1) is 0 Å². The number of ether oxygens (including phenoxy) is 1. The molecule has 0 spiro atoms. The third-order valence-electron chi connectivity index (χ3n) is 4.28. The standard InChI is InChI=1S/C19H33N5O2S/c1-19(2,3)26-16(25)8-6-4-5-7-9-21-17(20)23-11-13-24(14-12-23)18-22-10-15-27-18/h10,15H,4-9,11-14H2,1-3H3,(H2,20,21). The number of hydrogen-bond donors (Lipinski definition) is 1. The number of piperazine rings is 1. The lowest BCUT2D eigenvalue weighted by molar-refractivity contribution is -0.154. The molecule has 0 aliphatic carbocycles. The fourth-order valence-electron chi connectivity index (χ4n) is 2.92. The van der Waals surface area contributed by atoms with Crippen molar-refractivity contribution in [1.29, 1.82) is 0 Å². The van der Waals surface area contributed by atoms with Gasteiger partial charge in [-0.1, -0.05) is 12.8 Å². The average molecular weight is 396 g/mol. The van der Waals surface area contributed by atoms with E-state index >= 15 is 0 Å². The van der Waals surface area contributed by atoms with E-state index in [1.807, 2.05) is 32.3 Å². The van der Waals surface area contributed by atoms with E-state index in [1.54, 1.807) is 11.3 Å². The van der Waals surface area contributed by atoms with Crippen LogP contribution in [0.15, 0.2) is 16.6 Å². The Kier molecular flexibility index (Phi) is 8.34. The highest BCUT2D eigenvalue weighted by atomic mass is 32.1. The molecule has 2 N–H and O–H groups in total. The fraction of sp³-hybridized carbons (Fsp3) is 0.737. The Morgan fingerprint density at radius 3 is 2.56 bits per heavy atom. The molecule has 2 rings (SSSR count). The van der Waals surface area contributed by atoms with Gasteiger partial charge in [0.1, 0.15) is 5.60 Å². The van der Waals surface area contributed by atoms with Crippen LogP contribution in [-0.2, 0) is 9.53 Å². The highest BCUT2D eigenvalue weighted by Crippen LogP contribution is 2.18. The molecule has 27 heavy (non-hydrogen) atoms. The minimum absolute atomic E-state index is 0.110. The maximum Gasteiger partial charge on any atom is 0.306 e. The molecule has 152 valence electrons. The van der Waals surface area contributed by atoms with Gasteiger partial charge in [-0.3, -0.25) is 9.79 Å². The van der Waals surface area contributed by atoms with E-state index in [-0.39, 0.29) is 5.97 Å². The van der Waals surface area contributed by atoms with E-state index in [9.17, 15) is 4.79 Å². The van der Waals surface area contributed by atoms with Gasteiger partial charge in [-0.2, -0.15) is 0 Å². The Balaban J connectivity index is 1.54. The number of nitrogens with two attached hydrogens (primary N) is 1. The number of anilines is 1. The molecule has 0 atom stereocenters. The van der Waals surface area contributed by atoms with Crippen LogP contribution in [0.3, 0.4) is 0 Å². The van der Waals surface area contributed by atoms with Crippen LogP contribution in [0.25, 0.3) is 0 Å². The smallest absolute Gasteiger partial charge is 0.306 e. The number of aromatic nitrogens is 1. The van der Waals surface area contributed by atoms with E-state index in [0.717, 1.165) is 63.5 Å². The first kappa shape index (κ1) is 21.5. The number of aliphatic imine (C=N–C) groups is 1. The summed E-state index contributed by atoms with van der Waals surface area (Å²) in [6, 6.07) is 0. The molecule has 1 aromatic rings. The predicted octanol–water partition coefficient (Wildman–Crippen LogP) is 2.87. The summed E-state index contributed by atoms with van der Waals surface area (Å²) in [6.45, 7) is 10.0. The summed E-state index contributed by atoms with van der Waals surface area (Å²) in [7, 11) is 0. The molecular formula is C19H33N5O2S. The molecule has 2 heterocycles. The highest BCUT2D eigenvalue weighted by molar-refractivity contribution is 7.13. The van der Waals surface area contributed by atoms with Crippen molar-refractivity contribution >= 4 is 28.4 Å². The molecule has 8 heteroatoms. The van der Waals surface area contributed by atoms with Crippen LogP contribution in [0.4, 0.5) is 5.13 Å². The number of hydrogen-bond acceptors (Lipinski definition) is 6. The normalized spacial score (nSPS) is 15.9. The van der Waals surface area contributed by atoms with Crippen LogP contribution in [0.2, 0.25) is 0 Å². The molecule has 0 saturated carbocycles. The van der Waals surface area contributed by atoms with Crippen LogP contribution in [-0.4, -0.2) is 60.1 Å². The van der Waals surface area contributed by atoms with E-state index in [4.69, 9.17) is 10.5 Å². The van der Waals surface area contributed by atoms with E-state index < -0.39 is 5.60 Å². The van der Waals surface area contributed by atoms with Crippen molar-refractivity contribution in [1.82, 2.24) is 9.88 Å². The maximum atomic E-state index is 11.6. The second-order valence-corrected chi connectivity index (χ2v) is 8.65. The number of esters is 1. The molecule has 1 aliphatic rings. The second-order valence-electron chi connectivity index (χ2n) is 7.78. The van der Waals surface area contributed by atoms with Gasteiger partial charge in [-0.05, 0) is 33.6 Å². The third-order valence-corrected chi connectivity index (χ3v) is 5.11. The zero-order valence-electron chi connectivity index (χ0n) is 16.8. The molecule has 1 fully saturated rings. The van der Waals surface area contributed by atoms with Gasteiger partial charge in [-0.25, -0.2) is 4.98 Å². The summed E-state index contributed by atoms with van der Waals surface area (Å²) in [5.41, 5.74) is 5.74. The summed E-state index contributed by atoms with van der Waals surface area (Å²) in [4.78, 5) is 24.9. The molecule has 0 bridgehead atoms. The van der Waals surface area contributed by atoms with Gasteiger partial charge in [0.15, 0.2) is 11.1 Å². The van der Waals surface area contributed by atoms with Gasteiger partial charge in [-0.15, -0.1) is 11.3 Å². The molecule has 0 unspecified atom stereocenters. The molecule has 7 nitrogen and oxygen atoms in total. The number of nitrogens with zero attached hydrogens (tertiary/aromatic N) is 4. The first-order chi connectivity index (χ1) is 12.8. The average Bonchev–Trinajstić information content (AvgIpc) is 3.14. The quantitative estimate of drug-likeness (QED) is 0.315. The SMILES string of the molecule is CC(C)(C)OC(=O)CCCCCCN=C(N)N1CCN(c2nccs2)CC1.